The average molecular weight is 534 g/mol. The molecule has 0 bridgehead atoms. The second-order valence-corrected chi connectivity index (χ2v) is 10.9. The predicted octanol–water partition coefficient (Wildman–Crippen LogP) is 4.91. The molecule has 0 aliphatic carbocycles. The van der Waals surface area contributed by atoms with Crippen molar-refractivity contribution in [3.63, 3.8) is 0 Å². The number of rotatable bonds is 7. The molecule has 0 spiro atoms. The monoisotopic (exact) mass is 533 g/mol. The van der Waals surface area contributed by atoms with Crippen molar-refractivity contribution in [2.24, 2.45) is 5.92 Å². The maximum absolute atomic E-state index is 13.7. The van der Waals surface area contributed by atoms with Crippen molar-refractivity contribution >= 4 is 11.8 Å². The van der Waals surface area contributed by atoms with Gasteiger partial charge in [-0.15, -0.1) is 0 Å². The van der Waals surface area contributed by atoms with E-state index in [0.29, 0.717) is 43.3 Å². The molecule has 3 aromatic rings. The highest BCUT2D eigenvalue weighted by Gasteiger charge is 2.32. The average Bonchev–Trinajstić information content (AvgIpc) is 3.40. The summed E-state index contributed by atoms with van der Waals surface area (Å²) in [6.45, 7) is 7.91. The molecule has 1 aromatic heterocycles. The quantitative estimate of drug-likeness (QED) is 0.432. The van der Waals surface area contributed by atoms with E-state index in [4.69, 9.17) is 9.15 Å². The molecule has 5 rings (SSSR count). The number of carbonyl (C=O) groups is 2. The molecule has 1 atom stereocenters. The van der Waals surface area contributed by atoms with E-state index in [2.05, 4.69) is 4.90 Å². The molecule has 7 nitrogen and oxygen atoms in total. The van der Waals surface area contributed by atoms with Gasteiger partial charge in [-0.2, -0.15) is 0 Å². The minimum atomic E-state index is -0.319. The van der Waals surface area contributed by atoms with Gasteiger partial charge in [0.15, 0.2) is 5.76 Å². The summed E-state index contributed by atoms with van der Waals surface area (Å²) < 4.78 is 25.7. The number of piperazine rings is 1. The molecule has 0 saturated carbocycles. The molecule has 0 radical (unpaired) electrons. The van der Waals surface area contributed by atoms with Crippen molar-refractivity contribution in [3.05, 3.63) is 88.6 Å². The SMILES string of the molecule is CC(C)CC(=O)N1CCc2ccc(OCc3ccc(C(=O)N4CCN(C)CC4)o3)cc2C1c1ccc(F)cc1. The first-order valence-electron chi connectivity index (χ1n) is 13.7. The van der Waals surface area contributed by atoms with Crippen LogP contribution in [-0.2, 0) is 17.8 Å². The van der Waals surface area contributed by atoms with Crippen molar-refractivity contribution < 1.29 is 23.1 Å². The first-order valence-corrected chi connectivity index (χ1v) is 13.7. The van der Waals surface area contributed by atoms with Gasteiger partial charge in [-0.3, -0.25) is 9.59 Å². The molecule has 39 heavy (non-hydrogen) atoms. The summed E-state index contributed by atoms with van der Waals surface area (Å²) in [5, 5.41) is 0. The predicted molar refractivity (Wildman–Crippen MR) is 146 cm³/mol. The van der Waals surface area contributed by atoms with Crippen molar-refractivity contribution in [2.75, 3.05) is 39.8 Å². The minimum Gasteiger partial charge on any atom is -0.486 e. The summed E-state index contributed by atoms with van der Waals surface area (Å²) in [6.07, 6.45) is 1.20. The second kappa shape index (κ2) is 11.6. The lowest BCUT2D eigenvalue weighted by Crippen LogP contribution is -2.47. The van der Waals surface area contributed by atoms with E-state index in [9.17, 15) is 14.0 Å². The first kappa shape index (κ1) is 26.9. The number of benzene rings is 2. The Labute approximate surface area is 229 Å². The molecule has 2 aliphatic heterocycles. The molecule has 3 heterocycles. The molecule has 8 heteroatoms. The van der Waals surface area contributed by atoms with E-state index in [1.807, 2.05) is 48.9 Å². The molecular formula is C31H36FN3O4. The summed E-state index contributed by atoms with van der Waals surface area (Å²) in [7, 11) is 2.05. The number of likely N-dealkylation sites (N-methyl/N-ethyl adjacent to an activating group) is 1. The van der Waals surface area contributed by atoms with Crippen LogP contribution in [0.25, 0.3) is 0 Å². The maximum atomic E-state index is 13.7. The Morgan fingerprint density at radius 1 is 1.00 bits per heavy atom. The lowest BCUT2D eigenvalue weighted by molar-refractivity contribution is -0.134. The Morgan fingerprint density at radius 2 is 1.74 bits per heavy atom. The Kier molecular flexibility index (Phi) is 8.02. The van der Waals surface area contributed by atoms with Crippen LogP contribution in [-0.4, -0.2) is 66.3 Å². The Hall–Kier alpha value is -3.65. The molecule has 206 valence electrons. The third-order valence-corrected chi connectivity index (χ3v) is 7.48. The molecule has 1 unspecified atom stereocenters. The lowest BCUT2D eigenvalue weighted by Gasteiger charge is -2.38. The van der Waals surface area contributed by atoms with E-state index in [0.717, 1.165) is 36.2 Å². The van der Waals surface area contributed by atoms with Crippen LogP contribution < -0.4 is 4.74 Å². The van der Waals surface area contributed by atoms with E-state index < -0.39 is 0 Å². The number of furan rings is 1. The molecular weight excluding hydrogens is 497 g/mol. The summed E-state index contributed by atoms with van der Waals surface area (Å²) in [5.41, 5.74) is 2.99. The molecule has 2 aromatic carbocycles. The van der Waals surface area contributed by atoms with Crippen LogP contribution in [0.3, 0.4) is 0 Å². The van der Waals surface area contributed by atoms with Crippen LogP contribution in [0.1, 0.15) is 59.3 Å². The number of carbonyl (C=O) groups excluding carboxylic acids is 2. The lowest BCUT2D eigenvalue weighted by atomic mass is 9.87. The minimum absolute atomic E-state index is 0.0874. The zero-order valence-corrected chi connectivity index (χ0v) is 22.9. The fraction of sp³-hybridized carbons (Fsp3) is 0.419. The highest BCUT2D eigenvalue weighted by Crippen LogP contribution is 2.38. The van der Waals surface area contributed by atoms with Gasteiger partial charge in [-0.25, -0.2) is 4.39 Å². The molecule has 2 aliphatic rings. The summed E-state index contributed by atoms with van der Waals surface area (Å²) >= 11 is 0. The molecule has 1 saturated heterocycles. The largest absolute Gasteiger partial charge is 0.486 e. The van der Waals surface area contributed by atoms with Crippen LogP contribution in [0, 0.1) is 11.7 Å². The van der Waals surface area contributed by atoms with Gasteiger partial charge in [0.1, 0.15) is 23.9 Å². The summed E-state index contributed by atoms with van der Waals surface area (Å²) in [5.74, 6) is 1.44. The zero-order valence-electron chi connectivity index (χ0n) is 22.9. The van der Waals surface area contributed by atoms with E-state index >= 15 is 0 Å². The third kappa shape index (κ3) is 6.17. The van der Waals surface area contributed by atoms with Gasteiger partial charge in [0.25, 0.3) is 5.91 Å². The number of amides is 2. The highest BCUT2D eigenvalue weighted by molar-refractivity contribution is 5.91. The third-order valence-electron chi connectivity index (χ3n) is 7.48. The van der Waals surface area contributed by atoms with Crippen molar-refractivity contribution in [1.29, 1.82) is 0 Å². The fourth-order valence-corrected chi connectivity index (χ4v) is 5.31. The van der Waals surface area contributed by atoms with Gasteiger partial charge in [0.05, 0.1) is 6.04 Å². The van der Waals surface area contributed by atoms with E-state index in [1.165, 1.54) is 12.1 Å². The van der Waals surface area contributed by atoms with Gasteiger partial charge in [0.2, 0.25) is 5.91 Å². The normalized spacial score (nSPS) is 17.8. The van der Waals surface area contributed by atoms with Crippen LogP contribution in [0.2, 0.25) is 0 Å². The topological polar surface area (TPSA) is 66.2 Å². The van der Waals surface area contributed by atoms with Crippen molar-refractivity contribution in [3.8, 4) is 5.75 Å². The number of nitrogens with zero attached hydrogens (tertiary/aromatic N) is 3. The number of ether oxygens (including phenoxy) is 1. The van der Waals surface area contributed by atoms with E-state index in [-0.39, 0.29) is 36.2 Å². The van der Waals surface area contributed by atoms with Crippen molar-refractivity contribution in [2.45, 2.75) is 39.3 Å². The van der Waals surface area contributed by atoms with E-state index in [1.54, 1.807) is 24.3 Å². The Bertz CT molecular complexity index is 1310. The Balaban J connectivity index is 1.33. The van der Waals surface area contributed by atoms with Gasteiger partial charge >= 0.3 is 0 Å². The fourth-order valence-electron chi connectivity index (χ4n) is 5.31. The van der Waals surface area contributed by atoms with Crippen LogP contribution in [0.15, 0.2) is 59.0 Å². The standard InChI is InChI=1S/C31H36FN3O4/c1-21(2)18-29(36)35-13-12-22-6-9-25(19-27(22)30(35)23-4-7-24(32)8-5-23)38-20-26-10-11-28(39-26)31(37)34-16-14-33(3)15-17-34/h4-11,19,21,30H,12-18,20H2,1-3H3. The van der Waals surface area contributed by atoms with Crippen LogP contribution in [0.4, 0.5) is 4.39 Å². The zero-order chi connectivity index (χ0) is 27.5. The highest BCUT2D eigenvalue weighted by atomic mass is 19.1. The van der Waals surface area contributed by atoms with Gasteiger partial charge in [-0.05, 0) is 72.5 Å². The number of hydrogen-bond acceptors (Lipinski definition) is 5. The molecule has 0 N–H and O–H groups in total. The van der Waals surface area contributed by atoms with Crippen molar-refractivity contribution in [1.82, 2.24) is 14.7 Å². The maximum Gasteiger partial charge on any atom is 0.289 e. The van der Waals surface area contributed by atoms with Crippen LogP contribution >= 0.6 is 0 Å². The number of halogens is 1. The summed E-state index contributed by atoms with van der Waals surface area (Å²) in [4.78, 5) is 32.0. The Morgan fingerprint density at radius 3 is 2.46 bits per heavy atom. The van der Waals surface area contributed by atoms with Gasteiger partial charge < -0.3 is 23.9 Å². The molecule has 1 fully saturated rings. The number of fused-ring (bicyclic) bond motifs is 1. The smallest absolute Gasteiger partial charge is 0.289 e. The van der Waals surface area contributed by atoms with Gasteiger partial charge in [0, 0.05) is 39.1 Å². The second-order valence-electron chi connectivity index (χ2n) is 10.9. The first-order chi connectivity index (χ1) is 18.8. The number of hydrogen-bond donors (Lipinski definition) is 0. The van der Waals surface area contributed by atoms with Crippen LogP contribution in [0.5, 0.6) is 5.75 Å². The van der Waals surface area contributed by atoms with Gasteiger partial charge in [-0.1, -0.05) is 32.0 Å². The summed E-state index contributed by atoms with van der Waals surface area (Å²) in [6, 6.07) is 15.5. The molecule has 2 amide bonds.